The Labute approximate surface area is 111 Å². The van der Waals surface area contributed by atoms with E-state index in [4.69, 9.17) is 0 Å². The highest BCUT2D eigenvalue weighted by Gasteiger charge is 2.15. The Kier molecular flexibility index (Phi) is 4.31. The lowest BCUT2D eigenvalue weighted by Gasteiger charge is -2.14. The van der Waals surface area contributed by atoms with Gasteiger partial charge in [-0.15, -0.1) is 22.7 Å². The van der Waals surface area contributed by atoms with Crippen molar-refractivity contribution in [1.82, 2.24) is 10.3 Å². The number of nitrogens with one attached hydrogen (secondary N) is 1. The molecule has 1 atom stereocenters. The molecule has 0 fully saturated rings. The molecule has 0 bridgehead atoms. The van der Waals surface area contributed by atoms with Crippen LogP contribution in [0.1, 0.15) is 33.3 Å². The maximum Gasteiger partial charge on any atom is 0.0944 e. The zero-order valence-electron chi connectivity index (χ0n) is 10.5. The molecule has 2 rings (SSSR count). The Bertz CT molecular complexity index is 440. The second-order valence-corrected chi connectivity index (χ2v) is 6.40. The molecule has 0 radical (unpaired) electrons. The molecule has 92 valence electrons. The molecule has 2 aromatic rings. The molecule has 4 heteroatoms. The Morgan fingerprint density at radius 2 is 2.24 bits per heavy atom. The van der Waals surface area contributed by atoms with Gasteiger partial charge in [-0.25, -0.2) is 4.98 Å². The standard InChI is InChI=1S/C13H18N2S2/c1-4-14-11(8-13-15-5-6-16-13)12-7-9(2)10(3)17-12/h5-7,11,14H,4,8H2,1-3H3. The predicted molar refractivity (Wildman–Crippen MR) is 76.0 cm³/mol. The normalized spacial score (nSPS) is 12.9. The van der Waals surface area contributed by atoms with E-state index in [0.29, 0.717) is 6.04 Å². The summed E-state index contributed by atoms with van der Waals surface area (Å²) in [4.78, 5) is 7.22. The van der Waals surface area contributed by atoms with Crippen LogP contribution >= 0.6 is 22.7 Å². The first-order valence-electron chi connectivity index (χ1n) is 5.89. The van der Waals surface area contributed by atoms with Crippen molar-refractivity contribution >= 4 is 22.7 Å². The number of nitrogens with zero attached hydrogens (tertiary/aromatic N) is 1. The third-order valence-corrected chi connectivity index (χ3v) is 4.91. The zero-order valence-corrected chi connectivity index (χ0v) is 12.1. The number of aromatic nitrogens is 1. The molecule has 0 aliphatic carbocycles. The van der Waals surface area contributed by atoms with Gasteiger partial charge in [-0.1, -0.05) is 6.92 Å². The highest BCUT2D eigenvalue weighted by atomic mass is 32.1. The summed E-state index contributed by atoms with van der Waals surface area (Å²) < 4.78 is 0. The summed E-state index contributed by atoms with van der Waals surface area (Å²) in [5.41, 5.74) is 1.40. The Hall–Kier alpha value is -0.710. The molecule has 0 aromatic carbocycles. The molecule has 0 amide bonds. The molecule has 0 aliphatic heterocycles. The first-order chi connectivity index (χ1) is 8.20. The van der Waals surface area contributed by atoms with E-state index in [9.17, 15) is 0 Å². The van der Waals surface area contributed by atoms with E-state index in [-0.39, 0.29) is 0 Å². The van der Waals surface area contributed by atoms with Crippen LogP contribution in [0.5, 0.6) is 0 Å². The van der Waals surface area contributed by atoms with Crippen LogP contribution in [-0.2, 0) is 6.42 Å². The van der Waals surface area contributed by atoms with Crippen molar-refractivity contribution in [1.29, 1.82) is 0 Å². The van der Waals surface area contributed by atoms with Crippen molar-refractivity contribution in [2.75, 3.05) is 6.54 Å². The summed E-state index contributed by atoms with van der Waals surface area (Å²) in [5.74, 6) is 0. The summed E-state index contributed by atoms with van der Waals surface area (Å²) in [6.45, 7) is 7.52. The topological polar surface area (TPSA) is 24.9 Å². The van der Waals surface area contributed by atoms with Gasteiger partial charge >= 0.3 is 0 Å². The van der Waals surface area contributed by atoms with Crippen LogP contribution in [0.2, 0.25) is 0 Å². The van der Waals surface area contributed by atoms with E-state index < -0.39 is 0 Å². The van der Waals surface area contributed by atoms with E-state index in [1.54, 1.807) is 11.3 Å². The molecule has 2 nitrogen and oxygen atoms in total. The largest absolute Gasteiger partial charge is 0.309 e. The minimum Gasteiger partial charge on any atom is -0.309 e. The van der Waals surface area contributed by atoms with Crippen molar-refractivity contribution in [2.24, 2.45) is 0 Å². The zero-order chi connectivity index (χ0) is 12.3. The van der Waals surface area contributed by atoms with Gasteiger partial charge in [-0.2, -0.15) is 0 Å². The van der Waals surface area contributed by atoms with Crippen LogP contribution < -0.4 is 5.32 Å². The average Bonchev–Trinajstić information content (AvgIpc) is 2.90. The molecular weight excluding hydrogens is 248 g/mol. The van der Waals surface area contributed by atoms with E-state index >= 15 is 0 Å². The summed E-state index contributed by atoms with van der Waals surface area (Å²) in [5, 5.41) is 6.81. The van der Waals surface area contributed by atoms with Crippen LogP contribution in [-0.4, -0.2) is 11.5 Å². The van der Waals surface area contributed by atoms with Crippen molar-refractivity contribution < 1.29 is 0 Å². The van der Waals surface area contributed by atoms with Crippen LogP contribution in [0, 0.1) is 13.8 Å². The molecule has 1 unspecified atom stereocenters. The van der Waals surface area contributed by atoms with Crippen molar-refractivity contribution in [3.05, 3.63) is 38.0 Å². The molecule has 2 aromatic heterocycles. The predicted octanol–water partition coefficient (Wildman–Crippen LogP) is 3.71. The lowest BCUT2D eigenvalue weighted by atomic mass is 10.1. The fourth-order valence-electron chi connectivity index (χ4n) is 1.82. The van der Waals surface area contributed by atoms with Crippen molar-refractivity contribution in [2.45, 2.75) is 33.2 Å². The van der Waals surface area contributed by atoms with Gasteiger partial charge in [0.15, 0.2) is 0 Å². The van der Waals surface area contributed by atoms with Gasteiger partial charge in [-0.05, 0) is 32.0 Å². The van der Waals surface area contributed by atoms with Crippen LogP contribution in [0.3, 0.4) is 0 Å². The van der Waals surface area contributed by atoms with Crippen molar-refractivity contribution in [3.63, 3.8) is 0 Å². The summed E-state index contributed by atoms with van der Waals surface area (Å²) in [6, 6.07) is 2.71. The van der Waals surface area contributed by atoms with Crippen LogP contribution in [0.25, 0.3) is 0 Å². The van der Waals surface area contributed by atoms with Gasteiger partial charge < -0.3 is 5.32 Å². The highest BCUT2D eigenvalue weighted by molar-refractivity contribution is 7.12. The Morgan fingerprint density at radius 3 is 2.76 bits per heavy atom. The Balaban J connectivity index is 2.16. The number of thiophene rings is 1. The van der Waals surface area contributed by atoms with E-state index in [0.717, 1.165) is 13.0 Å². The SMILES string of the molecule is CCNC(Cc1nccs1)c1cc(C)c(C)s1. The van der Waals surface area contributed by atoms with Gasteiger partial charge in [0.25, 0.3) is 0 Å². The van der Waals surface area contributed by atoms with Crippen LogP contribution in [0.15, 0.2) is 17.6 Å². The number of rotatable bonds is 5. The second kappa shape index (κ2) is 5.76. The molecule has 1 N–H and O–H groups in total. The third kappa shape index (κ3) is 3.15. The maximum absolute atomic E-state index is 4.38. The monoisotopic (exact) mass is 266 g/mol. The quantitative estimate of drug-likeness (QED) is 0.892. The average molecular weight is 266 g/mol. The maximum atomic E-state index is 4.38. The number of hydrogen-bond donors (Lipinski definition) is 1. The lowest BCUT2D eigenvalue weighted by molar-refractivity contribution is 0.557. The lowest BCUT2D eigenvalue weighted by Crippen LogP contribution is -2.22. The molecule has 0 saturated heterocycles. The molecular formula is C13H18N2S2. The fourth-order valence-corrected chi connectivity index (χ4v) is 3.60. The molecule has 0 spiro atoms. The van der Waals surface area contributed by atoms with Gasteiger partial charge in [0, 0.05) is 33.8 Å². The Morgan fingerprint density at radius 1 is 1.41 bits per heavy atom. The smallest absolute Gasteiger partial charge is 0.0944 e. The van der Waals surface area contributed by atoms with Crippen LogP contribution in [0.4, 0.5) is 0 Å². The minimum absolute atomic E-state index is 0.406. The van der Waals surface area contributed by atoms with Crippen molar-refractivity contribution in [3.8, 4) is 0 Å². The van der Waals surface area contributed by atoms with Gasteiger partial charge in [0.2, 0.25) is 0 Å². The molecule has 0 saturated carbocycles. The van der Waals surface area contributed by atoms with Gasteiger partial charge in [0.1, 0.15) is 0 Å². The summed E-state index contributed by atoms with van der Waals surface area (Å²) >= 11 is 3.63. The highest BCUT2D eigenvalue weighted by Crippen LogP contribution is 2.29. The van der Waals surface area contributed by atoms with E-state index in [1.165, 1.54) is 20.3 Å². The number of thiazole rings is 1. The molecule has 0 aliphatic rings. The third-order valence-electron chi connectivity index (χ3n) is 2.84. The van der Waals surface area contributed by atoms with Gasteiger partial charge in [0.05, 0.1) is 5.01 Å². The molecule has 17 heavy (non-hydrogen) atoms. The number of hydrogen-bond acceptors (Lipinski definition) is 4. The fraction of sp³-hybridized carbons (Fsp3) is 0.462. The number of aryl methyl sites for hydroxylation is 2. The van der Waals surface area contributed by atoms with E-state index in [2.05, 4.69) is 37.1 Å². The first kappa shape index (κ1) is 12.7. The summed E-state index contributed by atoms with van der Waals surface area (Å²) in [7, 11) is 0. The minimum atomic E-state index is 0.406. The second-order valence-electron chi connectivity index (χ2n) is 4.13. The first-order valence-corrected chi connectivity index (χ1v) is 7.59. The summed E-state index contributed by atoms with van der Waals surface area (Å²) in [6.07, 6.45) is 2.87. The van der Waals surface area contributed by atoms with E-state index in [1.807, 2.05) is 22.9 Å². The number of likely N-dealkylation sites (N-methyl/N-ethyl adjacent to an activating group) is 1. The van der Waals surface area contributed by atoms with Gasteiger partial charge in [-0.3, -0.25) is 0 Å². The molecule has 2 heterocycles.